The molecule has 20 heavy (non-hydrogen) atoms. The lowest BCUT2D eigenvalue weighted by atomic mass is 10.1. The average Bonchev–Trinajstić information content (AvgIpc) is 3.08. The van der Waals surface area contributed by atoms with Crippen LogP contribution in [0.4, 0.5) is 11.4 Å². The molecular formula is C15H17ClN2O2. The summed E-state index contributed by atoms with van der Waals surface area (Å²) in [7, 11) is 0. The topological polar surface area (TPSA) is 40.6 Å². The van der Waals surface area contributed by atoms with Gasteiger partial charge in [-0.3, -0.25) is 9.59 Å². The van der Waals surface area contributed by atoms with Crippen LogP contribution in [0.3, 0.4) is 0 Å². The van der Waals surface area contributed by atoms with Crippen molar-refractivity contribution < 1.29 is 9.59 Å². The van der Waals surface area contributed by atoms with Gasteiger partial charge in [-0.15, -0.1) is 0 Å². The van der Waals surface area contributed by atoms with Gasteiger partial charge in [0, 0.05) is 37.4 Å². The Morgan fingerprint density at radius 1 is 1.10 bits per heavy atom. The number of nitrogens with zero attached hydrogens (tertiary/aromatic N) is 2. The molecule has 1 aromatic rings. The molecule has 0 spiro atoms. The van der Waals surface area contributed by atoms with Crippen molar-refractivity contribution in [1.29, 1.82) is 0 Å². The van der Waals surface area contributed by atoms with Gasteiger partial charge < -0.3 is 9.80 Å². The third-order valence-electron chi connectivity index (χ3n) is 4.08. The summed E-state index contributed by atoms with van der Waals surface area (Å²) in [5.74, 6) is -0.402. The zero-order valence-corrected chi connectivity index (χ0v) is 12.0. The lowest BCUT2D eigenvalue weighted by Crippen LogP contribution is -2.25. The second kappa shape index (κ2) is 5.44. The van der Waals surface area contributed by atoms with Crippen LogP contribution in [0.5, 0.6) is 0 Å². The van der Waals surface area contributed by atoms with Crippen LogP contribution in [0, 0.1) is 5.92 Å². The Morgan fingerprint density at radius 3 is 2.25 bits per heavy atom. The molecule has 0 N–H and O–H groups in total. The highest BCUT2D eigenvalue weighted by molar-refractivity contribution is 6.64. The molecule has 0 saturated carbocycles. The largest absolute Gasteiger partial charge is 0.372 e. The standard InChI is InChI=1S/C15H17ClN2O2/c16-15(20)11-9-14(19)18(10-11)13-5-3-12(4-6-13)17-7-1-2-8-17/h3-6,11H,1-2,7-10H2/t11-/m1/s1. The molecule has 106 valence electrons. The number of carbonyl (C=O) groups is 2. The van der Waals surface area contributed by atoms with Gasteiger partial charge in [0.1, 0.15) is 0 Å². The quantitative estimate of drug-likeness (QED) is 0.803. The first kappa shape index (κ1) is 13.4. The Kier molecular flexibility index (Phi) is 3.66. The number of amides is 1. The SMILES string of the molecule is O=C(Cl)[C@@H]1CC(=O)N(c2ccc(N3CCCC3)cc2)C1. The number of carbonyl (C=O) groups excluding carboxylic acids is 2. The summed E-state index contributed by atoms with van der Waals surface area (Å²) >= 11 is 5.49. The van der Waals surface area contributed by atoms with Gasteiger partial charge >= 0.3 is 0 Å². The highest BCUT2D eigenvalue weighted by atomic mass is 35.5. The lowest BCUT2D eigenvalue weighted by Gasteiger charge is -2.20. The van der Waals surface area contributed by atoms with Crippen molar-refractivity contribution in [3.05, 3.63) is 24.3 Å². The van der Waals surface area contributed by atoms with E-state index in [0.29, 0.717) is 6.54 Å². The van der Waals surface area contributed by atoms with E-state index in [1.54, 1.807) is 4.90 Å². The second-order valence-corrected chi connectivity index (χ2v) is 5.79. The molecule has 2 saturated heterocycles. The molecule has 2 aliphatic rings. The summed E-state index contributed by atoms with van der Waals surface area (Å²) in [5, 5.41) is -0.422. The van der Waals surface area contributed by atoms with Gasteiger partial charge in [-0.1, -0.05) is 0 Å². The number of benzene rings is 1. The van der Waals surface area contributed by atoms with E-state index in [1.807, 2.05) is 24.3 Å². The van der Waals surface area contributed by atoms with Crippen LogP contribution in [-0.4, -0.2) is 30.8 Å². The molecule has 0 bridgehead atoms. The fourth-order valence-electron chi connectivity index (χ4n) is 2.93. The fraction of sp³-hybridized carbons (Fsp3) is 0.467. The van der Waals surface area contributed by atoms with E-state index in [1.165, 1.54) is 18.5 Å². The lowest BCUT2D eigenvalue weighted by molar-refractivity contribution is -0.120. The van der Waals surface area contributed by atoms with Crippen molar-refractivity contribution in [2.45, 2.75) is 19.3 Å². The monoisotopic (exact) mass is 292 g/mol. The Hall–Kier alpha value is -1.55. The molecule has 2 aliphatic heterocycles. The molecule has 2 heterocycles. The summed E-state index contributed by atoms with van der Waals surface area (Å²) in [5.41, 5.74) is 2.04. The van der Waals surface area contributed by atoms with E-state index >= 15 is 0 Å². The minimum Gasteiger partial charge on any atom is -0.372 e. The molecule has 1 amide bonds. The van der Waals surface area contributed by atoms with E-state index in [-0.39, 0.29) is 18.2 Å². The molecule has 5 heteroatoms. The van der Waals surface area contributed by atoms with Crippen molar-refractivity contribution in [2.75, 3.05) is 29.4 Å². The molecule has 0 aromatic heterocycles. The Bertz CT molecular complexity index is 523. The smallest absolute Gasteiger partial charge is 0.227 e. The zero-order chi connectivity index (χ0) is 14.1. The van der Waals surface area contributed by atoms with Gasteiger partial charge in [-0.05, 0) is 48.7 Å². The first-order chi connectivity index (χ1) is 9.65. The Balaban J connectivity index is 1.74. The summed E-state index contributed by atoms with van der Waals surface area (Å²) in [6.45, 7) is 2.60. The van der Waals surface area contributed by atoms with E-state index in [2.05, 4.69) is 4.90 Å². The number of anilines is 2. The minimum atomic E-state index is -0.422. The van der Waals surface area contributed by atoms with Crippen molar-refractivity contribution in [1.82, 2.24) is 0 Å². The van der Waals surface area contributed by atoms with Crippen LogP contribution in [-0.2, 0) is 9.59 Å². The predicted molar refractivity (Wildman–Crippen MR) is 79.2 cm³/mol. The van der Waals surface area contributed by atoms with Crippen LogP contribution in [0.1, 0.15) is 19.3 Å². The summed E-state index contributed by atoms with van der Waals surface area (Å²) < 4.78 is 0. The Labute approximate surface area is 123 Å². The number of rotatable bonds is 3. The first-order valence-corrected chi connectivity index (χ1v) is 7.37. The third-order valence-corrected chi connectivity index (χ3v) is 4.39. The number of hydrogen-bond acceptors (Lipinski definition) is 3. The van der Waals surface area contributed by atoms with Crippen molar-refractivity contribution in [3.63, 3.8) is 0 Å². The molecule has 0 radical (unpaired) electrons. The summed E-state index contributed by atoms with van der Waals surface area (Å²) in [4.78, 5) is 27.1. The molecule has 4 nitrogen and oxygen atoms in total. The van der Waals surface area contributed by atoms with Gasteiger partial charge in [0.25, 0.3) is 0 Å². The molecule has 1 atom stereocenters. The summed E-state index contributed by atoms with van der Waals surface area (Å²) in [6, 6.07) is 7.99. The van der Waals surface area contributed by atoms with Gasteiger partial charge in [-0.2, -0.15) is 0 Å². The maximum Gasteiger partial charge on any atom is 0.227 e. The summed E-state index contributed by atoms with van der Waals surface area (Å²) in [6.07, 6.45) is 2.70. The maximum atomic E-state index is 11.9. The highest BCUT2D eigenvalue weighted by Crippen LogP contribution is 2.29. The van der Waals surface area contributed by atoms with Crippen LogP contribution >= 0.6 is 11.6 Å². The fourth-order valence-corrected chi connectivity index (χ4v) is 3.07. The van der Waals surface area contributed by atoms with Crippen LogP contribution in [0.15, 0.2) is 24.3 Å². The van der Waals surface area contributed by atoms with E-state index in [9.17, 15) is 9.59 Å². The van der Waals surface area contributed by atoms with Gasteiger partial charge in [0.15, 0.2) is 0 Å². The van der Waals surface area contributed by atoms with Gasteiger partial charge in [0.05, 0.1) is 5.92 Å². The highest BCUT2D eigenvalue weighted by Gasteiger charge is 2.34. The normalized spacial score (nSPS) is 22.6. The van der Waals surface area contributed by atoms with E-state index < -0.39 is 5.24 Å². The predicted octanol–water partition coefficient (Wildman–Crippen LogP) is 2.41. The number of hydrogen-bond donors (Lipinski definition) is 0. The molecule has 2 fully saturated rings. The van der Waals surface area contributed by atoms with Gasteiger partial charge in [-0.25, -0.2) is 0 Å². The van der Waals surface area contributed by atoms with Crippen LogP contribution in [0.25, 0.3) is 0 Å². The molecule has 1 aromatic carbocycles. The molecule has 3 rings (SSSR count). The third kappa shape index (κ3) is 2.52. The van der Waals surface area contributed by atoms with E-state index in [0.717, 1.165) is 18.8 Å². The van der Waals surface area contributed by atoms with Gasteiger partial charge in [0.2, 0.25) is 11.1 Å². The molecule has 0 unspecified atom stereocenters. The van der Waals surface area contributed by atoms with Crippen molar-refractivity contribution in [3.8, 4) is 0 Å². The first-order valence-electron chi connectivity index (χ1n) is 7.00. The second-order valence-electron chi connectivity index (χ2n) is 5.42. The van der Waals surface area contributed by atoms with E-state index in [4.69, 9.17) is 11.6 Å². The van der Waals surface area contributed by atoms with Crippen molar-refractivity contribution >= 4 is 34.1 Å². The minimum absolute atomic E-state index is 0.0297. The maximum absolute atomic E-state index is 11.9. The van der Waals surface area contributed by atoms with Crippen LogP contribution in [0.2, 0.25) is 0 Å². The number of halogens is 1. The average molecular weight is 293 g/mol. The zero-order valence-electron chi connectivity index (χ0n) is 11.2. The van der Waals surface area contributed by atoms with Crippen molar-refractivity contribution in [2.24, 2.45) is 5.92 Å². The molecular weight excluding hydrogens is 276 g/mol. The molecule has 0 aliphatic carbocycles. The Morgan fingerprint density at radius 2 is 1.70 bits per heavy atom. The van der Waals surface area contributed by atoms with Crippen LogP contribution < -0.4 is 9.80 Å².